The van der Waals surface area contributed by atoms with Crippen LogP contribution in [0, 0.1) is 0 Å². The molecule has 0 radical (unpaired) electrons. The Bertz CT molecular complexity index is 1110. The maximum absolute atomic E-state index is 12.4. The van der Waals surface area contributed by atoms with Crippen LogP contribution < -0.4 is 39.0 Å². The summed E-state index contributed by atoms with van der Waals surface area (Å²) in [5.41, 5.74) is -1.04. The molecule has 0 aliphatic carbocycles. The quantitative estimate of drug-likeness (QED) is 0.274. The summed E-state index contributed by atoms with van der Waals surface area (Å²) < 4.78 is 42.8. The minimum atomic E-state index is -4.97. The summed E-state index contributed by atoms with van der Waals surface area (Å²) in [5, 5.41) is 9.66. The molecule has 0 saturated carbocycles. The molecular weight excluding hydrogens is 431 g/mol. The second-order valence-corrected chi connectivity index (χ2v) is 7.91. The van der Waals surface area contributed by atoms with Crippen LogP contribution in [0.15, 0.2) is 78.9 Å². The number of Topliss-reactive ketones (excluding diaryl/α,β-unsaturated/α-hetero) is 1. The molecule has 0 bridgehead atoms. The van der Waals surface area contributed by atoms with Crippen molar-refractivity contribution in [2.45, 2.75) is 18.6 Å². The van der Waals surface area contributed by atoms with Crippen LogP contribution in [0.5, 0.6) is 11.5 Å². The van der Waals surface area contributed by atoms with Crippen molar-refractivity contribution in [3.05, 3.63) is 95.6 Å². The van der Waals surface area contributed by atoms with Crippen LogP contribution in [-0.4, -0.2) is 29.3 Å². The molecule has 0 heterocycles. The first-order valence-corrected chi connectivity index (χ1v) is 10.5. The van der Waals surface area contributed by atoms with Crippen molar-refractivity contribution in [1.82, 2.24) is 0 Å². The number of ether oxygens (including phenoxy) is 2. The van der Waals surface area contributed by atoms with Crippen LogP contribution in [0.2, 0.25) is 0 Å². The Morgan fingerprint density at radius 2 is 1.39 bits per heavy atom. The van der Waals surface area contributed by atoms with Gasteiger partial charge in [-0.2, -0.15) is 8.42 Å². The van der Waals surface area contributed by atoms with E-state index in [1.165, 1.54) is 18.2 Å². The van der Waals surface area contributed by atoms with Gasteiger partial charge in [-0.15, -0.1) is 0 Å². The molecule has 2 N–H and O–H groups in total. The van der Waals surface area contributed by atoms with E-state index in [9.17, 15) is 18.3 Å². The molecule has 1 unspecified atom stereocenters. The van der Waals surface area contributed by atoms with Crippen molar-refractivity contribution >= 4 is 15.9 Å². The van der Waals surface area contributed by atoms with E-state index in [1.54, 1.807) is 0 Å². The van der Waals surface area contributed by atoms with E-state index in [0.29, 0.717) is 5.75 Å². The number of ketones is 1. The first kappa shape index (κ1) is 25.1. The second kappa shape index (κ2) is 11.4. The van der Waals surface area contributed by atoms with Crippen LogP contribution >= 0.6 is 0 Å². The molecule has 1 atom stereocenters. The maximum Gasteiger partial charge on any atom is 1.00 e. The van der Waals surface area contributed by atoms with Gasteiger partial charge in [-0.1, -0.05) is 60.7 Å². The van der Waals surface area contributed by atoms with Crippen molar-refractivity contribution in [3.8, 4) is 11.5 Å². The van der Waals surface area contributed by atoms with Crippen molar-refractivity contribution in [3.63, 3.8) is 0 Å². The van der Waals surface area contributed by atoms with Crippen molar-refractivity contribution in [2.24, 2.45) is 0 Å². The number of rotatable bonds is 9. The fraction of sp³-hybridized carbons (Fsp3) is 0.136. The zero-order valence-corrected chi connectivity index (χ0v) is 19.7. The number of aliphatic hydroxyl groups excluding tert-OH is 1. The standard InChI is InChI=1S/C22H20O7S.Na.H/c23-21(22(24)30(25,26)27)19-12-11-18(28-14-16-7-3-1-4-8-16)13-20(19)29-15-17-9-5-2-6-10-17;;/h1-13,22,24H,14-15H2,(H,25,26,27);;/q;+1;-1. The zero-order valence-electron chi connectivity index (χ0n) is 17.8. The van der Waals surface area contributed by atoms with Gasteiger partial charge < -0.3 is 16.0 Å². The molecule has 31 heavy (non-hydrogen) atoms. The molecule has 158 valence electrons. The van der Waals surface area contributed by atoms with Gasteiger partial charge in [0.1, 0.15) is 24.7 Å². The minimum absolute atomic E-state index is 0. The van der Waals surface area contributed by atoms with Gasteiger partial charge in [-0.05, 0) is 23.3 Å². The molecule has 7 nitrogen and oxygen atoms in total. The molecule has 0 aliphatic rings. The number of aliphatic hydroxyl groups is 1. The number of benzene rings is 3. The molecule has 0 saturated heterocycles. The Balaban J connectivity index is 0.00000256. The molecule has 0 aromatic heterocycles. The average Bonchev–Trinajstić information content (AvgIpc) is 2.76. The van der Waals surface area contributed by atoms with E-state index in [0.717, 1.165) is 11.1 Å². The van der Waals surface area contributed by atoms with E-state index < -0.39 is 21.3 Å². The van der Waals surface area contributed by atoms with Crippen LogP contribution in [0.25, 0.3) is 0 Å². The molecule has 0 spiro atoms. The van der Waals surface area contributed by atoms with Crippen molar-refractivity contribution < 1.29 is 63.3 Å². The van der Waals surface area contributed by atoms with Crippen molar-refractivity contribution in [1.29, 1.82) is 0 Å². The van der Waals surface area contributed by atoms with Crippen LogP contribution in [0.4, 0.5) is 0 Å². The third kappa shape index (κ3) is 7.17. The number of carbonyl (C=O) groups is 1. The predicted octanol–water partition coefficient (Wildman–Crippen LogP) is 0.350. The molecular formula is C22H21NaO7S. The molecule has 0 amide bonds. The third-order valence-corrected chi connectivity index (χ3v) is 4.99. The van der Waals surface area contributed by atoms with Gasteiger partial charge >= 0.3 is 29.6 Å². The summed E-state index contributed by atoms with van der Waals surface area (Å²) in [6, 6.07) is 22.8. The Morgan fingerprint density at radius 1 is 0.871 bits per heavy atom. The van der Waals surface area contributed by atoms with E-state index in [4.69, 9.17) is 14.0 Å². The molecule has 0 aliphatic heterocycles. The first-order chi connectivity index (χ1) is 14.3. The van der Waals surface area contributed by atoms with Gasteiger partial charge in [0.2, 0.25) is 11.2 Å². The zero-order chi connectivity index (χ0) is 21.6. The first-order valence-electron chi connectivity index (χ1n) is 9.00. The molecule has 3 rings (SSSR count). The van der Waals surface area contributed by atoms with Gasteiger partial charge in [0, 0.05) is 6.07 Å². The van der Waals surface area contributed by atoms with Crippen molar-refractivity contribution in [2.75, 3.05) is 0 Å². The fourth-order valence-electron chi connectivity index (χ4n) is 2.66. The average molecular weight is 452 g/mol. The Morgan fingerprint density at radius 3 is 1.90 bits per heavy atom. The van der Waals surface area contributed by atoms with Crippen LogP contribution in [-0.2, 0) is 23.3 Å². The van der Waals surface area contributed by atoms with Gasteiger partial charge in [-0.25, -0.2) is 0 Å². The molecule has 3 aromatic rings. The molecule has 0 fully saturated rings. The molecule has 3 aromatic carbocycles. The van der Waals surface area contributed by atoms with Gasteiger partial charge in [0.05, 0.1) is 5.56 Å². The fourth-order valence-corrected chi connectivity index (χ4v) is 3.06. The van der Waals surface area contributed by atoms with E-state index in [-0.39, 0.29) is 55.5 Å². The van der Waals surface area contributed by atoms with E-state index in [1.807, 2.05) is 60.7 Å². The summed E-state index contributed by atoms with van der Waals surface area (Å²) >= 11 is 0. The maximum atomic E-state index is 12.4. The van der Waals surface area contributed by atoms with Crippen LogP contribution in [0.1, 0.15) is 22.9 Å². The Kier molecular flexibility index (Phi) is 9.24. The summed E-state index contributed by atoms with van der Waals surface area (Å²) in [6.45, 7) is 0.380. The van der Waals surface area contributed by atoms with Crippen LogP contribution in [0.3, 0.4) is 0 Å². The minimum Gasteiger partial charge on any atom is -1.00 e. The second-order valence-electron chi connectivity index (χ2n) is 6.44. The molecule has 9 heteroatoms. The van der Waals surface area contributed by atoms with E-state index in [2.05, 4.69) is 0 Å². The SMILES string of the molecule is O=C(c1ccc(OCc2ccccc2)cc1OCc1ccccc1)C(O)S(=O)(=O)O.[H-].[Na+]. The predicted molar refractivity (Wildman–Crippen MR) is 111 cm³/mol. The van der Waals surface area contributed by atoms with E-state index >= 15 is 0 Å². The summed E-state index contributed by atoms with van der Waals surface area (Å²) in [6.07, 6.45) is 0. The summed E-state index contributed by atoms with van der Waals surface area (Å²) in [4.78, 5) is 12.4. The number of hydrogen-bond donors (Lipinski definition) is 2. The number of carbonyl (C=O) groups excluding carboxylic acids is 1. The van der Waals surface area contributed by atoms with Gasteiger partial charge in [0.15, 0.2) is 0 Å². The monoisotopic (exact) mass is 452 g/mol. The third-order valence-electron chi connectivity index (χ3n) is 4.21. The smallest absolute Gasteiger partial charge is 1.00 e. The Hall–Kier alpha value is -2.20. The largest absolute Gasteiger partial charge is 1.00 e. The summed E-state index contributed by atoms with van der Waals surface area (Å²) in [7, 11) is -4.97. The van der Waals surface area contributed by atoms with Gasteiger partial charge in [0.25, 0.3) is 10.1 Å². The number of hydrogen-bond acceptors (Lipinski definition) is 6. The Labute approximate surface area is 204 Å². The normalized spacial score (nSPS) is 11.8. The summed E-state index contributed by atoms with van der Waals surface area (Å²) in [5.74, 6) is -0.785. The van der Waals surface area contributed by atoms with Gasteiger partial charge in [-0.3, -0.25) is 9.35 Å². The topological polar surface area (TPSA) is 110 Å².